The van der Waals surface area contributed by atoms with Gasteiger partial charge in [-0.15, -0.1) is 0 Å². The lowest BCUT2D eigenvalue weighted by molar-refractivity contribution is -0.141. The summed E-state index contributed by atoms with van der Waals surface area (Å²) in [6, 6.07) is 1.68. The molecule has 1 amide bonds. The zero-order chi connectivity index (χ0) is 13.7. The molecule has 0 aliphatic carbocycles. The molecule has 18 heavy (non-hydrogen) atoms. The SMILES string of the molecule is CC(=O)NC(CNc1ccc(F)cc1F)C(=O)O. The van der Waals surface area contributed by atoms with Gasteiger partial charge in [-0.05, 0) is 12.1 Å². The molecule has 7 heteroatoms. The molecule has 1 aromatic rings. The number of nitrogens with one attached hydrogen (secondary N) is 2. The highest BCUT2D eigenvalue weighted by molar-refractivity contribution is 5.82. The third-order valence-electron chi connectivity index (χ3n) is 2.10. The highest BCUT2D eigenvalue weighted by Crippen LogP contribution is 2.14. The number of amides is 1. The van der Waals surface area contributed by atoms with E-state index in [4.69, 9.17) is 5.11 Å². The highest BCUT2D eigenvalue weighted by Gasteiger charge is 2.18. The van der Waals surface area contributed by atoms with Gasteiger partial charge in [-0.3, -0.25) is 4.79 Å². The Morgan fingerprint density at radius 2 is 2.06 bits per heavy atom. The number of carboxylic acids is 1. The van der Waals surface area contributed by atoms with Crippen LogP contribution in [0.2, 0.25) is 0 Å². The monoisotopic (exact) mass is 258 g/mol. The number of carboxylic acid groups (broad SMARTS) is 1. The first-order valence-corrected chi connectivity index (χ1v) is 5.09. The summed E-state index contributed by atoms with van der Waals surface area (Å²) < 4.78 is 25.9. The molecule has 0 aromatic heterocycles. The van der Waals surface area contributed by atoms with Crippen molar-refractivity contribution in [3.8, 4) is 0 Å². The predicted molar refractivity (Wildman–Crippen MR) is 60.1 cm³/mol. The summed E-state index contributed by atoms with van der Waals surface area (Å²) >= 11 is 0. The van der Waals surface area contributed by atoms with Gasteiger partial charge in [-0.25, -0.2) is 13.6 Å². The number of anilines is 1. The molecular formula is C11H12F2N2O3. The molecule has 98 valence electrons. The van der Waals surface area contributed by atoms with Crippen molar-refractivity contribution in [2.24, 2.45) is 0 Å². The molecule has 0 spiro atoms. The molecule has 1 rings (SSSR count). The zero-order valence-electron chi connectivity index (χ0n) is 9.54. The van der Waals surface area contributed by atoms with Crippen LogP contribution < -0.4 is 10.6 Å². The molecule has 0 saturated heterocycles. The smallest absolute Gasteiger partial charge is 0.328 e. The number of carbonyl (C=O) groups excluding carboxylic acids is 1. The van der Waals surface area contributed by atoms with Crippen LogP contribution in [0.1, 0.15) is 6.92 Å². The van der Waals surface area contributed by atoms with E-state index in [1.54, 1.807) is 0 Å². The van der Waals surface area contributed by atoms with Gasteiger partial charge in [-0.1, -0.05) is 0 Å². The van der Waals surface area contributed by atoms with Gasteiger partial charge in [0.1, 0.15) is 17.7 Å². The van der Waals surface area contributed by atoms with E-state index in [2.05, 4.69) is 10.6 Å². The third-order valence-corrected chi connectivity index (χ3v) is 2.10. The zero-order valence-corrected chi connectivity index (χ0v) is 9.54. The maximum atomic E-state index is 13.2. The molecule has 3 N–H and O–H groups in total. The Kier molecular flexibility index (Phi) is 4.59. The van der Waals surface area contributed by atoms with Crippen LogP contribution in [-0.2, 0) is 9.59 Å². The highest BCUT2D eigenvalue weighted by atomic mass is 19.1. The molecule has 0 saturated carbocycles. The van der Waals surface area contributed by atoms with E-state index >= 15 is 0 Å². The molecule has 0 fully saturated rings. The molecule has 5 nitrogen and oxygen atoms in total. The summed E-state index contributed by atoms with van der Waals surface area (Å²) in [7, 11) is 0. The van der Waals surface area contributed by atoms with E-state index in [9.17, 15) is 18.4 Å². The maximum Gasteiger partial charge on any atom is 0.328 e. The number of carbonyl (C=O) groups is 2. The minimum Gasteiger partial charge on any atom is -0.480 e. The van der Waals surface area contributed by atoms with Crippen LogP contribution in [0.5, 0.6) is 0 Å². The molecule has 0 heterocycles. The number of halogens is 2. The Hall–Kier alpha value is -2.18. The second kappa shape index (κ2) is 5.95. The number of hydrogen-bond donors (Lipinski definition) is 3. The third kappa shape index (κ3) is 4.00. The largest absolute Gasteiger partial charge is 0.480 e. The summed E-state index contributed by atoms with van der Waals surface area (Å²) in [4.78, 5) is 21.5. The first-order chi connectivity index (χ1) is 8.40. The fraction of sp³-hybridized carbons (Fsp3) is 0.273. The van der Waals surface area contributed by atoms with Gasteiger partial charge in [0.05, 0.1) is 5.69 Å². The van der Waals surface area contributed by atoms with Crippen molar-refractivity contribution in [3.63, 3.8) is 0 Å². The number of rotatable bonds is 5. The summed E-state index contributed by atoms with van der Waals surface area (Å²) in [5, 5.41) is 13.5. The van der Waals surface area contributed by atoms with Crippen molar-refractivity contribution in [2.45, 2.75) is 13.0 Å². The van der Waals surface area contributed by atoms with E-state index in [0.29, 0.717) is 6.07 Å². The fourth-order valence-electron chi connectivity index (χ4n) is 1.29. The minimum absolute atomic E-state index is 0.0343. The average molecular weight is 258 g/mol. The van der Waals surface area contributed by atoms with Gasteiger partial charge >= 0.3 is 5.97 Å². The Bertz CT molecular complexity index is 466. The van der Waals surface area contributed by atoms with Crippen LogP contribution in [0, 0.1) is 11.6 Å². The number of aliphatic carboxylic acids is 1. The van der Waals surface area contributed by atoms with E-state index < -0.39 is 29.6 Å². The second-order valence-corrected chi connectivity index (χ2v) is 3.60. The van der Waals surface area contributed by atoms with Gasteiger partial charge < -0.3 is 15.7 Å². The average Bonchev–Trinajstić information content (AvgIpc) is 2.25. The van der Waals surface area contributed by atoms with Crippen LogP contribution in [0.25, 0.3) is 0 Å². The lowest BCUT2D eigenvalue weighted by Gasteiger charge is -2.15. The molecule has 1 atom stereocenters. The summed E-state index contributed by atoms with van der Waals surface area (Å²) in [5.41, 5.74) is -0.0343. The van der Waals surface area contributed by atoms with E-state index in [1.165, 1.54) is 6.92 Å². The Morgan fingerprint density at radius 3 is 2.56 bits per heavy atom. The van der Waals surface area contributed by atoms with Gasteiger partial charge in [0.15, 0.2) is 0 Å². The first-order valence-electron chi connectivity index (χ1n) is 5.09. The maximum absolute atomic E-state index is 13.2. The Labute approximate surface area is 102 Å². The molecule has 1 unspecified atom stereocenters. The molecule has 0 aliphatic heterocycles. The summed E-state index contributed by atoms with van der Waals surface area (Å²) in [6.07, 6.45) is 0. The summed E-state index contributed by atoms with van der Waals surface area (Å²) in [5.74, 6) is -3.32. The molecule has 0 bridgehead atoms. The number of hydrogen-bond acceptors (Lipinski definition) is 3. The van der Waals surface area contributed by atoms with E-state index in [-0.39, 0.29) is 12.2 Å². The molecule has 0 radical (unpaired) electrons. The fourth-order valence-corrected chi connectivity index (χ4v) is 1.29. The Morgan fingerprint density at radius 1 is 1.39 bits per heavy atom. The van der Waals surface area contributed by atoms with Crippen LogP contribution in [0.3, 0.4) is 0 Å². The van der Waals surface area contributed by atoms with E-state index in [0.717, 1.165) is 12.1 Å². The Balaban J connectivity index is 2.66. The van der Waals surface area contributed by atoms with Crippen molar-refractivity contribution in [3.05, 3.63) is 29.8 Å². The topological polar surface area (TPSA) is 78.4 Å². The lowest BCUT2D eigenvalue weighted by atomic mass is 10.2. The van der Waals surface area contributed by atoms with Gasteiger partial charge in [0.2, 0.25) is 5.91 Å². The standard InChI is InChI=1S/C11H12F2N2O3/c1-6(16)15-10(11(17)18)5-14-9-3-2-7(12)4-8(9)13/h2-4,10,14H,5H2,1H3,(H,15,16)(H,17,18). The van der Waals surface area contributed by atoms with Crippen molar-refractivity contribution in [2.75, 3.05) is 11.9 Å². The van der Waals surface area contributed by atoms with Gasteiger partial charge in [0.25, 0.3) is 0 Å². The predicted octanol–water partition coefficient (Wildman–Crippen LogP) is 0.966. The number of benzene rings is 1. The lowest BCUT2D eigenvalue weighted by Crippen LogP contribution is -2.44. The minimum atomic E-state index is -1.25. The van der Waals surface area contributed by atoms with Crippen LogP contribution in [0.15, 0.2) is 18.2 Å². The molecule has 1 aromatic carbocycles. The molecule has 0 aliphatic rings. The van der Waals surface area contributed by atoms with Gasteiger partial charge in [-0.2, -0.15) is 0 Å². The van der Waals surface area contributed by atoms with Crippen molar-refractivity contribution < 1.29 is 23.5 Å². The summed E-state index contributed by atoms with van der Waals surface area (Å²) in [6.45, 7) is 0.964. The quantitative estimate of drug-likeness (QED) is 0.735. The van der Waals surface area contributed by atoms with Crippen LogP contribution >= 0.6 is 0 Å². The van der Waals surface area contributed by atoms with Crippen LogP contribution in [0.4, 0.5) is 14.5 Å². The van der Waals surface area contributed by atoms with Crippen molar-refractivity contribution >= 4 is 17.6 Å². The van der Waals surface area contributed by atoms with Crippen molar-refractivity contribution in [1.29, 1.82) is 0 Å². The normalized spacial score (nSPS) is 11.7. The first kappa shape index (κ1) is 13.9. The molecular weight excluding hydrogens is 246 g/mol. The van der Waals surface area contributed by atoms with Crippen molar-refractivity contribution in [1.82, 2.24) is 5.32 Å². The van der Waals surface area contributed by atoms with E-state index in [1.807, 2.05) is 0 Å². The second-order valence-electron chi connectivity index (χ2n) is 3.60. The van der Waals surface area contributed by atoms with Crippen LogP contribution in [-0.4, -0.2) is 29.6 Å². The van der Waals surface area contributed by atoms with Gasteiger partial charge in [0, 0.05) is 19.5 Å².